The van der Waals surface area contributed by atoms with E-state index in [-0.39, 0.29) is 0 Å². The molecular formula is C14H14ClN5O. The number of nitrogen functional groups attached to an aromatic ring is 1. The number of imidazole rings is 1. The normalized spacial score (nSPS) is 10.9. The molecule has 1 aromatic carbocycles. The molecule has 0 saturated carbocycles. The molecule has 0 saturated heterocycles. The van der Waals surface area contributed by atoms with Gasteiger partial charge in [-0.2, -0.15) is 0 Å². The Morgan fingerprint density at radius 1 is 1.14 bits per heavy atom. The van der Waals surface area contributed by atoms with E-state index in [0.29, 0.717) is 23.0 Å². The highest BCUT2D eigenvalue weighted by atomic mass is 35.5. The summed E-state index contributed by atoms with van der Waals surface area (Å²) in [6.45, 7) is 1.35. The Labute approximate surface area is 126 Å². The molecule has 2 N–H and O–H groups in total. The van der Waals surface area contributed by atoms with Crippen LogP contribution in [0.25, 0.3) is 11.2 Å². The minimum absolute atomic E-state index is 0.399. The largest absolute Gasteiger partial charge is 0.494 e. The van der Waals surface area contributed by atoms with Crippen LogP contribution in [0.15, 0.2) is 36.9 Å². The lowest BCUT2D eigenvalue weighted by molar-refractivity contribution is 0.302. The zero-order chi connectivity index (χ0) is 14.7. The lowest BCUT2D eigenvalue weighted by Gasteiger charge is -2.07. The van der Waals surface area contributed by atoms with Crippen LogP contribution >= 0.6 is 11.6 Å². The molecule has 0 radical (unpaired) electrons. The lowest BCUT2D eigenvalue weighted by atomic mass is 10.3. The van der Waals surface area contributed by atoms with Gasteiger partial charge in [0, 0.05) is 11.6 Å². The minimum Gasteiger partial charge on any atom is -0.494 e. The summed E-state index contributed by atoms with van der Waals surface area (Å²) in [4.78, 5) is 12.3. The van der Waals surface area contributed by atoms with Crippen molar-refractivity contribution in [1.29, 1.82) is 0 Å². The molecule has 3 rings (SSSR count). The van der Waals surface area contributed by atoms with E-state index < -0.39 is 0 Å². The Balaban J connectivity index is 1.57. The van der Waals surface area contributed by atoms with E-state index in [0.717, 1.165) is 24.4 Å². The average Bonchev–Trinajstić information content (AvgIpc) is 2.90. The van der Waals surface area contributed by atoms with E-state index in [4.69, 9.17) is 22.1 Å². The Hall–Kier alpha value is -2.34. The quantitative estimate of drug-likeness (QED) is 0.733. The summed E-state index contributed by atoms with van der Waals surface area (Å²) in [5.41, 5.74) is 7.13. The number of rotatable bonds is 5. The number of halogens is 1. The number of hydrogen-bond acceptors (Lipinski definition) is 5. The number of hydrogen-bond donors (Lipinski definition) is 1. The van der Waals surface area contributed by atoms with Gasteiger partial charge in [0.15, 0.2) is 11.5 Å². The fraction of sp³-hybridized carbons (Fsp3) is 0.214. The van der Waals surface area contributed by atoms with Crippen LogP contribution in [0.1, 0.15) is 6.42 Å². The number of ether oxygens (including phenoxy) is 1. The third kappa shape index (κ3) is 3.05. The third-order valence-electron chi connectivity index (χ3n) is 3.06. The first-order valence-corrected chi connectivity index (χ1v) is 6.91. The Morgan fingerprint density at radius 2 is 1.95 bits per heavy atom. The van der Waals surface area contributed by atoms with E-state index in [1.807, 2.05) is 16.7 Å². The predicted molar refractivity (Wildman–Crippen MR) is 81.3 cm³/mol. The zero-order valence-corrected chi connectivity index (χ0v) is 12.0. The molecular weight excluding hydrogens is 290 g/mol. The highest BCUT2D eigenvalue weighted by Crippen LogP contribution is 2.16. The van der Waals surface area contributed by atoms with Gasteiger partial charge in [0.25, 0.3) is 0 Å². The van der Waals surface area contributed by atoms with Crippen LogP contribution in [0.5, 0.6) is 5.75 Å². The van der Waals surface area contributed by atoms with Gasteiger partial charge >= 0.3 is 0 Å². The lowest BCUT2D eigenvalue weighted by Crippen LogP contribution is -2.04. The molecule has 3 aromatic rings. The molecule has 7 heteroatoms. The maximum Gasteiger partial charge on any atom is 0.165 e. The summed E-state index contributed by atoms with van der Waals surface area (Å²) in [6.07, 6.45) is 4.00. The number of aryl methyl sites for hydroxylation is 1. The van der Waals surface area contributed by atoms with Crippen LogP contribution in [-0.4, -0.2) is 26.1 Å². The van der Waals surface area contributed by atoms with Crippen molar-refractivity contribution in [3.63, 3.8) is 0 Å². The van der Waals surface area contributed by atoms with E-state index in [2.05, 4.69) is 15.0 Å². The van der Waals surface area contributed by atoms with E-state index in [9.17, 15) is 0 Å². The highest BCUT2D eigenvalue weighted by molar-refractivity contribution is 6.30. The van der Waals surface area contributed by atoms with Gasteiger partial charge in [-0.15, -0.1) is 0 Å². The standard InChI is InChI=1S/C14H14ClN5O/c15-10-2-4-11(5-3-10)21-7-1-6-20-9-19-12-13(16)17-8-18-14(12)20/h2-5,8-9H,1,6-7H2,(H2,16,17,18). The molecule has 0 amide bonds. The van der Waals surface area contributed by atoms with Gasteiger partial charge in [0.2, 0.25) is 0 Å². The summed E-state index contributed by atoms with van der Waals surface area (Å²) in [5, 5.41) is 0.699. The Kier molecular flexibility index (Phi) is 3.87. The molecule has 0 spiro atoms. The van der Waals surface area contributed by atoms with Crippen molar-refractivity contribution in [2.75, 3.05) is 12.3 Å². The first-order chi connectivity index (χ1) is 10.2. The highest BCUT2D eigenvalue weighted by Gasteiger charge is 2.07. The van der Waals surface area contributed by atoms with Crippen molar-refractivity contribution < 1.29 is 4.74 Å². The van der Waals surface area contributed by atoms with E-state index >= 15 is 0 Å². The fourth-order valence-electron chi connectivity index (χ4n) is 2.02. The molecule has 2 heterocycles. The molecule has 21 heavy (non-hydrogen) atoms. The first kappa shape index (κ1) is 13.6. The van der Waals surface area contributed by atoms with Gasteiger partial charge in [-0.1, -0.05) is 11.6 Å². The van der Waals surface area contributed by atoms with Crippen molar-refractivity contribution in [1.82, 2.24) is 19.5 Å². The van der Waals surface area contributed by atoms with Crippen LogP contribution in [0.3, 0.4) is 0 Å². The van der Waals surface area contributed by atoms with Gasteiger partial charge in [-0.3, -0.25) is 0 Å². The van der Waals surface area contributed by atoms with Crippen molar-refractivity contribution in [2.24, 2.45) is 0 Å². The van der Waals surface area contributed by atoms with Gasteiger partial charge in [0.05, 0.1) is 12.9 Å². The van der Waals surface area contributed by atoms with Crippen LogP contribution in [-0.2, 0) is 6.54 Å². The third-order valence-corrected chi connectivity index (χ3v) is 3.31. The monoisotopic (exact) mass is 303 g/mol. The number of nitrogens with zero attached hydrogens (tertiary/aromatic N) is 4. The fourth-order valence-corrected chi connectivity index (χ4v) is 2.14. The van der Waals surface area contributed by atoms with Crippen LogP contribution in [0.2, 0.25) is 5.02 Å². The SMILES string of the molecule is Nc1ncnc2c1ncn2CCCOc1ccc(Cl)cc1. The van der Waals surface area contributed by atoms with Crippen LogP contribution < -0.4 is 10.5 Å². The Morgan fingerprint density at radius 3 is 2.76 bits per heavy atom. The van der Waals surface area contributed by atoms with Gasteiger partial charge in [0.1, 0.15) is 17.6 Å². The summed E-state index contributed by atoms with van der Waals surface area (Å²) in [6, 6.07) is 7.31. The summed E-state index contributed by atoms with van der Waals surface area (Å²) < 4.78 is 7.59. The predicted octanol–water partition coefficient (Wildman–Crippen LogP) is 2.53. The Bertz CT molecular complexity index is 741. The zero-order valence-electron chi connectivity index (χ0n) is 11.2. The van der Waals surface area contributed by atoms with E-state index in [1.54, 1.807) is 18.5 Å². The second-order valence-corrected chi connectivity index (χ2v) is 4.96. The van der Waals surface area contributed by atoms with Crippen molar-refractivity contribution in [3.8, 4) is 5.75 Å². The number of benzene rings is 1. The summed E-state index contributed by atoms with van der Waals surface area (Å²) in [5.74, 6) is 1.21. The summed E-state index contributed by atoms with van der Waals surface area (Å²) in [7, 11) is 0. The first-order valence-electron chi connectivity index (χ1n) is 6.54. The average molecular weight is 304 g/mol. The smallest absolute Gasteiger partial charge is 0.165 e. The maximum atomic E-state index is 5.82. The van der Waals surface area contributed by atoms with Crippen molar-refractivity contribution in [2.45, 2.75) is 13.0 Å². The molecule has 6 nitrogen and oxygen atoms in total. The second-order valence-electron chi connectivity index (χ2n) is 4.53. The molecule has 0 aliphatic heterocycles. The molecule has 2 aromatic heterocycles. The van der Waals surface area contributed by atoms with Crippen LogP contribution in [0.4, 0.5) is 5.82 Å². The second kappa shape index (κ2) is 5.97. The van der Waals surface area contributed by atoms with Gasteiger partial charge < -0.3 is 15.0 Å². The minimum atomic E-state index is 0.399. The summed E-state index contributed by atoms with van der Waals surface area (Å²) >= 11 is 5.82. The molecule has 0 unspecified atom stereocenters. The van der Waals surface area contributed by atoms with Gasteiger partial charge in [-0.25, -0.2) is 15.0 Å². The molecule has 0 bridgehead atoms. The topological polar surface area (TPSA) is 78.9 Å². The van der Waals surface area contributed by atoms with Crippen molar-refractivity contribution in [3.05, 3.63) is 41.9 Å². The maximum absolute atomic E-state index is 5.82. The number of fused-ring (bicyclic) bond motifs is 1. The molecule has 0 aliphatic rings. The molecule has 108 valence electrons. The number of aromatic nitrogens is 4. The van der Waals surface area contributed by atoms with E-state index in [1.165, 1.54) is 6.33 Å². The molecule has 0 atom stereocenters. The van der Waals surface area contributed by atoms with Gasteiger partial charge in [-0.05, 0) is 30.7 Å². The molecule has 0 aliphatic carbocycles. The van der Waals surface area contributed by atoms with Crippen molar-refractivity contribution >= 4 is 28.6 Å². The van der Waals surface area contributed by atoms with Crippen LogP contribution in [0, 0.1) is 0 Å². The number of nitrogens with two attached hydrogens (primary N) is 1. The molecule has 0 fully saturated rings. The number of anilines is 1.